The third-order valence-electron chi connectivity index (χ3n) is 3.22. The monoisotopic (exact) mass is 244 g/mol. The van der Waals surface area contributed by atoms with E-state index in [1.165, 1.54) is 0 Å². The standard InChI is InChI=1S/C11H20N2O2S/c1-5-11(3)10(15)13(6-7-16-4)8(2)9(14)12-11/h8H,5-7H2,1-4H3,(H,12,14). The minimum absolute atomic E-state index is 0.0381. The van der Waals surface area contributed by atoms with Crippen LogP contribution in [0.25, 0.3) is 0 Å². The summed E-state index contributed by atoms with van der Waals surface area (Å²) in [5, 5.41) is 2.81. The van der Waals surface area contributed by atoms with Crippen LogP contribution in [0.2, 0.25) is 0 Å². The molecule has 0 aromatic carbocycles. The van der Waals surface area contributed by atoms with Gasteiger partial charge in [0.2, 0.25) is 11.8 Å². The van der Waals surface area contributed by atoms with Crippen LogP contribution in [0.1, 0.15) is 27.2 Å². The van der Waals surface area contributed by atoms with Crippen molar-refractivity contribution in [3.63, 3.8) is 0 Å². The zero-order chi connectivity index (χ0) is 12.3. The minimum Gasteiger partial charge on any atom is -0.340 e. The van der Waals surface area contributed by atoms with Gasteiger partial charge in [-0.25, -0.2) is 0 Å². The molecule has 1 N–H and O–H groups in total. The summed E-state index contributed by atoms with van der Waals surface area (Å²) in [7, 11) is 0. The van der Waals surface area contributed by atoms with Gasteiger partial charge in [-0.15, -0.1) is 0 Å². The number of nitrogens with zero attached hydrogens (tertiary/aromatic N) is 1. The lowest BCUT2D eigenvalue weighted by Gasteiger charge is -2.43. The van der Waals surface area contributed by atoms with Crippen molar-refractivity contribution in [2.24, 2.45) is 0 Å². The van der Waals surface area contributed by atoms with E-state index in [1.54, 1.807) is 30.5 Å². The van der Waals surface area contributed by atoms with Crippen molar-refractivity contribution in [1.82, 2.24) is 10.2 Å². The van der Waals surface area contributed by atoms with Gasteiger partial charge < -0.3 is 10.2 Å². The number of nitrogens with one attached hydrogen (secondary N) is 1. The van der Waals surface area contributed by atoms with Gasteiger partial charge in [0.05, 0.1) is 0 Å². The van der Waals surface area contributed by atoms with Gasteiger partial charge in [-0.1, -0.05) is 6.92 Å². The Kier molecular flexibility index (Phi) is 4.24. The van der Waals surface area contributed by atoms with Crippen LogP contribution in [0.15, 0.2) is 0 Å². The number of rotatable bonds is 4. The van der Waals surface area contributed by atoms with Crippen molar-refractivity contribution < 1.29 is 9.59 Å². The third kappa shape index (κ3) is 2.34. The zero-order valence-corrected chi connectivity index (χ0v) is 11.2. The summed E-state index contributed by atoms with van der Waals surface area (Å²) >= 11 is 1.68. The van der Waals surface area contributed by atoms with Gasteiger partial charge in [0.25, 0.3) is 0 Å². The van der Waals surface area contributed by atoms with Crippen LogP contribution < -0.4 is 5.32 Å². The topological polar surface area (TPSA) is 49.4 Å². The fourth-order valence-corrected chi connectivity index (χ4v) is 2.17. The number of carbonyl (C=O) groups is 2. The van der Waals surface area contributed by atoms with Crippen LogP contribution in [0.5, 0.6) is 0 Å². The van der Waals surface area contributed by atoms with Gasteiger partial charge in [-0.05, 0) is 26.5 Å². The minimum atomic E-state index is -0.720. The largest absolute Gasteiger partial charge is 0.340 e. The van der Waals surface area contributed by atoms with Crippen LogP contribution in [0.4, 0.5) is 0 Å². The average molecular weight is 244 g/mol. The number of piperazine rings is 1. The highest BCUT2D eigenvalue weighted by Gasteiger charge is 2.44. The van der Waals surface area contributed by atoms with E-state index in [0.717, 1.165) is 5.75 Å². The molecule has 1 rings (SSSR count). The van der Waals surface area contributed by atoms with Crippen molar-refractivity contribution in [1.29, 1.82) is 0 Å². The van der Waals surface area contributed by atoms with E-state index in [2.05, 4.69) is 5.32 Å². The fourth-order valence-electron chi connectivity index (χ4n) is 1.79. The lowest BCUT2D eigenvalue weighted by atomic mass is 9.92. The van der Waals surface area contributed by atoms with Crippen molar-refractivity contribution in [3.05, 3.63) is 0 Å². The van der Waals surface area contributed by atoms with Crippen molar-refractivity contribution in [3.8, 4) is 0 Å². The molecule has 1 heterocycles. The molecule has 1 saturated heterocycles. The van der Waals surface area contributed by atoms with Crippen LogP contribution in [-0.2, 0) is 9.59 Å². The molecule has 1 fully saturated rings. The van der Waals surface area contributed by atoms with Crippen molar-refractivity contribution in [2.75, 3.05) is 18.6 Å². The predicted molar refractivity (Wildman–Crippen MR) is 66.4 cm³/mol. The molecule has 0 saturated carbocycles. The Balaban J connectivity index is 2.86. The second-order valence-corrected chi connectivity index (χ2v) is 5.33. The molecular formula is C11H20N2O2S. The molecule has 0 bridgehead atoms. The Hall–Kier alpha value is -0.710. The van der Waals surface area contributed by atoms with E-state index in [9.17, 15) is 9.59 Å². The average Bonchev–Trinajstić information content (AvgIpc) is 2.27. The van der Waals surface area contributed by atoms with Crippen LogP contribution in [0, 0.1) is 0 Å². The molecule has 2 amide bonds. The normalized spacial score (nSPS) is 30.5. The van der Waals surface area contributed by atoms with Crippen molar-refractivity contribution >= 4 is 23.6 Å². The summed E-state index contributed by atoms with van der Waals surface area (Å²) < 4.78 is 0. The number of amides is 2. The SMILES string of the molecule is CCC1(C)NC(=O)C(C)N(CCSC)C1=O. The fraction of sp³-hybridized carbons (Fsp3) is 0.818. The summed E-state index contributed by atoms with van der Waals surface area (Å²) in [5.41, 5.74) is -0.720. The molecule has 1 aliphatic heterocycles. The number of hydrogen-bond acceptors (Lipinski definition) is 3. The van der Waals surface area contributed by atoms with E-state index in [1.807, 2.05) is 13.2 Å². The van der Waals surface area contributed by atoms with Gasteiger partial charge in [0.15, 0.2) is 0 Å². The van der Waals surface area contributed by atoms with Gasteiger partial charge in [-0.3, -0.25) is 9.59 Å². The Morgan fingerprint density at radius 3 is 2.62 bits per heavy atom. The maximum absolute atomic E-state index is 12.2. The molecule has 2 unspecified atom stereocenters. The summed E-state index contributed by atoms with van der Waals surface area (Å²) in [5.74, 6) is 0.851. The van der Waals surface area contributed by atoms with Crippen molar-refractivity contribution in [2.45, 2.75) is 38.8 Å². The summed E-state index contributed by atoms with van der Waals surface area (Å²) in [4.78, 5) is 25.7. The highest BCUT2D eigenvalue weighted by molar-refractivity contribution is 7.98. The molecule has 16 heavy (non-hydrogen) atoms. The molecule has 0 aliphatic carbocycles. The Morgan fingerprint density at radius 1 is 1.50 bits per heavy atom. The third-order valence-corrected chi connectivity index (χ3v) is 3.81. The second-order valence-electron chi connectivity index (χ2n) is 4.34. The first-order valence-electron chi connectivity index (χ1n) is 5.58. The smallest absolute Gasteiger partial charge is 0.248 e. The maximum atomic E-state index is 12.2. The lowest BCUT2D eigenvalue weighted by molar-refractivity contribution is -0.153. The van der Waals surface area contributed by atoms with Gasteiger partial charge in [0, 0.05) is 12.3 Å². The molecule has 0 spiro atoms. The van der Waals surface area contributed by atoms with E-state index in [-0.39, 0.29) is 17.9 Å². The molecule has 0 aromatic heterocycles. The molecule has 1 aliphatic rings. The second kappa shape index (κ2) is 5.08. The van der Waals surface area contributed by atoms with E-state index in [0.29, 0.717) is 13.0 Å². The quantitative estimate of drug-likeness (QED) is 0.798. The number of hydrogen-bond donors (Lipinski definition) is 1. The molecule has 0 radical (unpaired) electrons. The van der Waals surface area contributed by atoms with Gasteiger partial charge in [-0.2, -0.15) is 11.8 Å². The zero-order valence-electron chi connectivity index (χ0n) is 10.4. The van der Waals surface area contributed by atoms with Crippen LogP contribution in [-0.4, -0.2) is 46.8 Å². The number of thioether (sulfide) groups is 1. The van der Waals surface area contributed by atoms with E-state index < -0.39 is 5.54 Å². The lowest BCUT2D eigenvalue weighted by Crippen LogP contribution is -2.68. The summed E-state index contributed by atoms with van der Waals surface area (Å²) in [6, 6.07) is -0.348. The van der Waals surface area contributed by atoms with E-state index >= 15 is 0 Å². The highest BCUT2D eigenvalue weighted by atomic mass is 32.2. The van der Waals surface area contributed by atoms with Gasteiger partial charge >= 0.3 is 0 Å². The maximum Gasteiger partial charge on any atom is 0.248 e. The molecule has 2 atom stereocenters. The van der Waals surface area contributed by atoms with Gasteiger partial charge in [0.1, 0.15) is 11.6 Å². The molecule has 92 valence electrons. The predicted octanol–water partition coefficient (Wildman–Crippen LogP) is 0.865. The van der Waals surface area contributed by atoms with Crippen LogP contribution >= 0.6 is 11.8 Å². The first-order chi connectivity index (χ1) is 7.46. The molecule has 4 nitrogen and oxygen atoms in total. The Bertz CT molecular complexity index is 296. The Morgan fingerprint density at radius 2 is 2.12 bits per heavy atom. The molecular weight excluding hydrogens is 224 g/mol. The Labute approximate surface area is 101 Å². The summed E-state index contributed by atoms with van der Waals surface area (Å²) in [6.07, 6.45) is 2.62. The number of carbonyl (C=O) groups excluding carboxylic acids is 2. The summed E-state index contributed by atoms with van der Waals surface area (Å²) in [6.45, 7) is 6.14. The van der Waals surface area contributed by atoms with E-state index in [4.69, 9.17) is 0 Å². The van der Waals surface area contributed by atoms with Crippen LogP contribution in [0.3, 0.4) is 0 Å². The highest BCUT2D eigenvalue weighted by Crippen LogP contribution is 2.21. The molecule has 5 heteroatoms. The first kappa shape index (κ1) is 13.4. The first-order valence-corrected chi connectivity index (χ1v) is 6.97. The molecule has 0 aromatic rings.